The molecule has 2 aliphatic heterocycles. The van der Waals surface area contributed by atoms with Crippen molar-refractivity contribution in [3.8, 4) is 5.75 Å². The van der Waals surface area contributed by atoms with E-state index in [-0.39, 0.29) is 12.0 Å². The molecule has 3 heterocycles. The Hall–Kier alpha value is -2.60. The molecule has 2 N–H and O–H groups in total. The lowest BCUT2D eigenvalue weighted by molar-refractivity contribution is -0.0236. The predicted octanol–water partition coefficient (Wildman–Crippen LogP) is 3.35. The molecular weight excluding hydrogens is 390 g/mol. The van der Waals surface area contributed by atoms with E-state index in [0.29, 0.717) is 24.8 Å². The number of para-hydroxylation sites is 1. The molecule has 2 fully saturated rings. The molecule has 2 aromatic rings. The van der Waals surface area contributed by atoms with Gasteiger partial charge in [0, 0.05) is 25.3 Å². The number of fused-ring (bicyclic) bond motifs is 2. The van der Waals surface area contributed by atoms with E-state index in [1.807, 2.05) is 43.0 Å². The van der Waals surface area contributed by atoms with Gasteiger partial charge in [-0.1, -0.05) is 12.1 Å². The molecule has 5 rings (SSSR count). The Morgan fingerprint density at radius 2 is 1.97 bits per heavy atom. The Morgan fingerprint density at radius 3 is 2.77 bits per heavy atom. The molecule has 1 amide bonds. The molecule has 3 aliphatic rings. The minimum atomic E-state index is -0.525. The number of aliphatic hydroxyl groups is 1. The number of pyridine rings is 1. The molecule has 1 aliphatic carbocycles. The van der Waals surface area contributed by atoms with Crippen LogP contribution in [0.4, 0.5) is 5.69 Å². The smallest absolute Gasteiger partial charge is 0.255 e. The summed E-state index contributed by atoms with van der Waals surface area (Å²) in [7, 11) is 0. The number of amides is 1. The number of ether oxygens (including phenoxy) is 1. The highest BCUT2D eigenvalue weighted by atomic mass is 16.5. The van der Waals surface area contributed by atoms with Crippen molar-refractivity contribution in [1.29, 1.82) is 0 Å². The molecule has 6 heteroatoms. The van der Waals surface area contributed by atoms with E-state index < -0.39 is 6.10 Å². The molecule has 1 saturated heterocycles. The molecule has 6 nitrogen and oxygen atoms in total. The SMILES string of the molecule is Cc1ccc(O[C@@H]2C[C@@H]3CN(C(=O)c4cccc5c4NCCC5)C[C@@H]3C[C@H]2O)c(C)n1. The lowest BCUT2D eigenvalue weighted by Gasteiger charge is -2.35. The van der Waals surface area contributed by atoms with Gasteiger partial charge in [0.25, 0.3) is 5.91 Å². The Kier molecular flexibility index (Phi) is 5.34. The van der Waals surface area contributed by atoms with Crippen molar-refractivity contribution in [2.75, 3.05) is 25.0 Å². The summed E-state index contributed by atoms with van der Waals surface area (Å²) in [5.74, 6) is 1.51. The molecule has 164 valence electrons. The van der Waals surface area contributed by atoms with Gasteiger partial charge in [-0.3, -0.25) is 9.78 Å². The maximum absolute atomic E-state index is 13.4. The number of benzene rings is 1. The van der Waals surface area contributed by atoms with E-state index in [9.17, 15) is 9.90 Å². The van der Waals surface area contributed by atoms with Crippen LogP contribution in [0.25, 0.3) is 0 Å². The number of aryl methyl sites for hydroxylation is 3. The van der Waals surface area contributed by atoms with Gasteiger partial charge in [0.2, 0.25) is 0 Å². The minimum absolute atomic E-state index is 0.103. The Balaban J connectivity index is 1.29. The van der Waals surface area contributed by atoms with Gasteiger partial charge in [0.1, 0.15) is 11.9 Å². The number of rotatable bonds is 3. The number of nitrogens with zero attached hydrogens (tertiary/aromatic N) is 2. The van der Waals surface area contributed by atoms with Crippen LogP contribution in [0.2, 0.25) is 0 Å². The van der Waals surface area contributed by atoms with E-state index in [0.717, 1.165) is 60.7 Å². The van der Waals surface area contributed by atoms with Crippen LogP contribution in [0.5, 0.6) is 5.75 Å². The van der Waals surface area contributed by atoms with Crippen molar-refractivity contribution in [2.45, 2.75) is 51.7 Å². The number of carbonyl (C=O) groups is 1. The average molecular weight is 422 g/mol. The van der Waals surface area contributed by atoms with Gasteiger partial charge in [-0.15, -0.1) is 0 Å². The number of hydrogen-bond donors (Lipinski definition) is 2. The van der Waals surface area contributed by atoms with E-state index in [1.54, 1.807) is 0 Å². The summed E-state index contributed by atoms with van der Waals surface area (Å²) in [6.45, 7) is 6.25. The minimum Gasteiger partial charge on any atom is -0.486 e. The third-order valence-electron chi connectivity index (χ3n) is 7.13. The second-order valence-corrected chi connectivity index (χ2v) is 9.33. The molecule has 4 atom stereocenters. The van der Waals surface area contributed by atoms with Crippen LogP contribution >= 0.6 is 0 Å². The lowest BCUT2D eigenvalue weighted by Crippen LogP contribution is -2.42. The lowest BCUT2D eigenvalue weighted by atomic mass is 9.78. The Labute approximate surface area is 183 Å². The molecule has 1 saturated carbocycles. The summed E-state index contributed by atoms with van der Waals surface area (Å²) in [6, 6.07) is 9.92. The summed E-state index contributed by atoms with van der Waals surface area (Å²) in [4.78, 5) is 19.8. The first-order valence-electron chi connectivity index (χ1n) is 11.4. The van der Waals surface area contributed by atoms with Gasteiger partial charge < -0.3 is 20.1 Å². The topological polar surface area (TPSA) is 74.7 Å². The van der Waals surface area contributed by atoms with Gasteiger partial charge in [0.15, 0.2) is 0 Å². The zero-order valence-electron chi connectivity index (χ0n) is 18.3. The van der Waals surface area contributed by atoms with Crippen molar-refractivity contribution in [3.63, 3.8) is 0 Å². The van der Waals surface area contributed by atoms with Crippen molar-refractivity contribution in [1.82, 2.24) is 9.88 Å². The first kappa shape index (κ1) is 20.3. The van der Waals surface area contributed by atoms with Crippen LogP contribution in [-0.4, -0.2) is 52.7 Å². The molecule has 1 aromatic carbocycles. The highest BCUT2D eigenvalue weighted by Gasteiger charge is 2.44. The molecular formula is C25H31N3O3. The highest BCUT2D eigenvalue weighted by Crippen LogP contribution is 2.39. The summed E-state index contributed by atoms with van der Waals surface area (Å²) < 4.78 is 6.19. The second-order valence-electron chi connectivity index (χ2n) is 9.33. The van der Waals surface area contributed by atoms with Crippen molar-refractivity contribution in [3.05, 3.63) is 52.8 Å². The average Bonchev–Trinajstić information content (AvgIpc) is 3.17. The monoisotopic (exact) mass is 421 g/mol. The normalized spacial score (nSPS) is 27.3. The number of aromatic nitrogens is 1. The fourth-order valence-electron chi connectivity index (χ4n) is 5.50. The number of likely N-dealkylation sites (tertiary alicyclic amines) is 1. The van der Waals surface area contributed by atoms with Gasteiger partial charge in [-0.2, -0.15) is 0 Å². The number of aliphatic hydroxyl groups excluding tert-OH is 1. The number of carbonyl (C=O) groups excluding carboxylic acids is 1. The van der Waals surface area contributed by atoms with Crippen LogP contribution in [0, 0.1) is 25.7 Å². The summed E-state index contributed by atoms with van der Waals surface area (Å²) in [6.07, 6.45) is 2.77. The summed E-state index contributed by atoms with van der Waals surface area (Å²) in [5.41, 5.74) is 4.83. The van der Waals surface area contributed by atoms with Crippen molar-refractivity contribution >= 4 is 11.6 Å². The largest absolute Gasteiger partial charge is 0.486 e. The Morgan fingerprint density at radius 1 is 1.16 bits per heavy atom. The van der Waals surface area contributed by atoms with Crippen LogP contribution in [0.15, 0.2) is 30.3 Å². The van der Waals surface area contributed by atoms with Crippen molar-refractivity contribution < 1.29 is 14.6 Å². The third kappa shape index (κ3) is 3.89. The van der Waals surface area contributed by atoms with Crippen LogP contribution < -0.4 is 10.1 Å². The number of hydrogen-bond acceptors (Lipinski definition) is 5. The molecule has 1 aromatic heterocycles. The molecule has 0 radical (unpaired) electrons. The molecule has 0 unspecified atom stereocenters. The van der Waals surface area contributed by atoms with E-state index in [1.165, 1.54) is 5.56 Å². The first-order valence-corrected chi connectivity index (χ1v) is 11.4. The number of nitrogens with one attached hydrogen (secondary N) is 1. The van der Waals surface area contributed by atoms with Gasteiger partial charge in [0.05, 0.1) is 23.0 Å². The summed E-state index contributed by atoms with van der Waals surface area (Å²) >= 11 is 0. The van der Waals surface area contributed by atoms with Gasteiger partial charge in [-0.05, 0) is 75.1 Å². The zero-order valence-corrected chi connectivity index (χ0v) is 18.3. The molecule has 0 spiro atoms. The Bertz CT molecular complexity index is 992. The van der Waals surface area contributed by atoms with Crippen LogP contribution in [0.1, 0.15) is 46.6 Å². The zero-order chi connectivity index (χ0) is 21.5. The third-order valence-corrected chi connectivity index (χ3v) is 7.13. The quantitative estimate of drug-likeness (QED) is 0.795. The maximum Gasteiger partial charge on any atom is 0.255 e. The van der Waals surface area contributed by atoms with E-state index in [4.69, 9.17) is 4.74 Å². The fourth-order valence-corrected chi connectivity index (χ4v) is 5.50. The first-order chi connectivity index (χ1) is 15.0. The standard InChI is InChI=1S/C25H31N3O3/c1-15-8-9-22(16(2)27-15)31-23-12-19-14-28(13-18(19)11-21(23)29)25(30)20-7-3-5-17-6-4-10-26-24(17)20/h3,5,7-9,18-19,21,23,26,29H,4,6,10-14H2,1-2H3/t18-,19+,21+,23+/m0/s1. The van der Waals surface area contributed by atoms with Crippen molar-refractivity contribution in [2.24, 2.45) is 11.8 Å². The van der Waals surface area contributed by atoms with Crippen LogP contribution in [-0.2, 0) is 6.42 Å². The predicted molar refractivity (Wildman–Crippen MR) is 120 cm³/mol. The van der Waals surface area contributed by atoms with Gasteiger partial charge >= 0.3 is 0 Å². The maximum atomic E-state index is 13.4. The van der Waals surface area contributed by atoms with Crippen LogP contribution in [0.3, 0.4) is 0 Å². The second kappa shape index (κ2) is 8.15. The summed E-state index contributed by atoms with van der Waals surface area (Å²) in [5, 5.41) is 14.2. The highest BCUT2D eigenvalue weighted by molar-refractivity contribution is 6.00. The van der Waals surface area contributed by atoms with Gasteiger partial charge in [-0.25, -0.2) is 0 Å². The molecule has 31 heavy (non-hydrogen) atoms. The molecule has 0 bridgehead atoms. The fraction of sp³-hybridized carbons (Fsp3) is 0.520. The van der Waals surface area contributed by atoms with E-state index >= 15 is 0 Å². The number of anilines is 1. The van der Waals surface area contributed by atoms with E-state index in [2.05, 4.69) is 16.4 Å².